The Labute approximate surface area is 206 Å². The van der Waals surface area contributed by atoms with E-state index in [0.29, 0.717) is 28.5 Å². The fraction of sp³-hybridized carbons (Fsp3) is 0.308. The average Bonchev–Trinajstić information content (AvgIpc) is 3.56. The number of carbonyl (C=O) groups is 3. The highest BCUT2D eigenvalue weighted by molar-refractivity contribution is 7.17. The maximum absolute atomic E-state index is 13.3. The van der Waals surface area contributed by atoms with Crippen LogP contribution in [0.15, 0.2) is 58.4 Å². The lowest BCUT2D eigenvalue weighted by atomic mass is 9.95. The monoisotopic (exact) mass is 494 g/mol. The van der Waals surface area contributed by atoms with Gasteiger partial charge >= 0.3 is 0 Å². The molecule has 1 aromatic carbocycles. The molecule has 35 heavy (non-hydrogen) atoms. The van der Waals surface area contributed by atoms with Crippen molar-refractivity contribution in [3.05, 3.63) is 75.9 Å². The molecule has 0 aliphatic carbocycles. The predicted octanol–water partition coefficient (Wildman–Crippen LogP) is 5.60. The lowest BCUT2D eigenvalue weighted by Gasteiger charge is -2.24. The molecule has 8 nitrogen and oxygen atoms in total. The first-order valence-corrected chi connectivity index (χ1v) is 12.2. The van der Waals surface area contributed by atoms with Gasteiger partial charge in [-0.2, -0.15) is 0 Å². The van der Waals surface area contributed by atoms with Crippen molar-refractivity contribution in [1.82, 2.24) is 4.98 Å². The first-order chi connectivity index (χ1) is 16.8. The molecule has 3 aromatic rings. The van der Waals surface area contributed by atoms with Gasteiger partial charge in [-0.1, -0.05) is 43.2 Å². The van der Waals surface area contributed by atoms with E-state index in [2.05, 4.69) is 11.9 Å². The maximum atomic E-state index is 13.3. The molecule has 1 unspecified atom stereocenters. The topological polar surface area (TPSA) is 110 Å². The third-order valence-corrected chi connectivity index (χ3v) is 6.96. The number of aromatic nitrogens is 1. The second-order valence-electron chi connectivity index (χ2n) is 8.24. The third kappa shape index (κ3) is 4.77. The van der Waals surface area contributed by atoms with Crippen LogP contribution in [-0.2, 0) is 4.79 Å². The standard InChI is InChI=1S/C26H26N2O6S/c1-4-5-6-12-33-18-10-7-9-17(14-18)21-20(22(30)19-11-8-13-34-19)23(31)25(32)28(21)26-27-15(2)24(35-26)16(3)29/h7-11,13-14,21,31H,4-6,12H2,1-3H3. The van der Waals surface area contributed by atoms with Gasteiger partial charge in [0.2, 0.25) is 5.78 Å². The zero-order valence-electron chi connectivity index (χ0n) is 19.7. The van der Waals surface area contributed by atoms with E-state index in [9.17, 15) is 19.5 Å². The molecular weight excluding hydrogens is 468 g/mol. The molecule has 182 valence electrons. The van der Waals surface area contributed by atoms with Crippen LogP contribution in [0.4, 0.5) is 5.13 Å². The summed E-state index contributed by atoms with van der Waals surface area (Å²) in [6.45, 7) is 5.76. The molecule has 0 radical (unpaired) electrons. The van der Waals surface area contributed by atoms with E-state index in [1.54, 1.807) is 37.3 Å². The fourth-order valence-corrected chi connectivity index (χ4v) is 5.01. The van der Waals surface area contributed by atoms with Crippen molar-refractivity contribution in [3.63, 3.8) is 0 Å². The SMILES string of the molecule is CCCCCOc1cccc(C2C(C(=O)c3ccco3)=C(O)C(=O)N2c2nc(C)c(C(C)=O)s2)c1. The van der Waals surface area contributed by atoms with Crippen LogP contribution in [0.1, 0.15) is 70.6 Å². The van der Waals surface area contributed by atoms with Crippen molar-refractivity contribution in [3.8, 4) is 5.75 Å². The Morgan fingerprint density at radius 3 is 2.69 bits per heavy atom. The van der Waals surface area contributed by atoms with E-state index >= 15 is 0 Å². The van der Waals surface area contributed by atoms with Gasteiger partial charge in [0.25, 0.3) is 5.91 Å². The van der Waals surface area contributed by atoms with Crippen molar-refractivity contribution < 1.29 is 28.6 Å². The molecule has 1 amide bonds. The number of aryl methyl sites for hydroxylation is 1. The number of aliphatic hydroxyl groups is 1. The number of unbranched alkanes of at least 4 members (excludes halogenated alkanes) is 2. The summed E-state index contributed by atoms with van der Waals surface area (Å²) in [6, 6.07) is 9.12. The molecule has 1 aliphatic rings. The Morgan fingerprint density at radius 1 is 1.23 bits per heavy atom. The zero-order chi connectivity index (χ0) is 25.1. The molecule has 3 heterocycles. The van der Waals surface area contributed by atoms with Gasteiger partial charge in [0.15, 0.2) is 22.4 Å². The minimum absolute atomic E-state index is 0.00193. The summed E-state index contributed by atoms with van der Waals surface area (Å²) in [5.74, 6) is -1.66. The normalized spacial score (nSPS) is 15.7. The lowest BCUT2D eigenvalue weighted by Crippen LogP contribution is -2.31. The van der Waals surface area contributed by atoms with Gasteiger partial charge in [0, 0.05) is 6.92 Å². The van der Waals surface area contributed by atoms with Crippen LogP contribution in [0, 0.1) is 6.92 Å². The number of carbonyl (C=O) groups excluding carboxylic acids is 3. The highest BCUT2D eigenvalue weighted by Gasteiger charge is 2.46. The summed E-state index contributed by atoms with van der Waals surface area (Å²) in [5.41, 5.74) is 0.912. The van der Waals surface area contributed by atoms with Crippen LogP contribution >= 0.6 is 11.3 Å². The molecule has 4 rings (SSSR count). The summed E-state index contributed by atoms with van der Waals surface area (Å²) >= 11 is 1.04. The van der Waals surface area contributed by atoms with E-state index in [4.69, 9.17) is 9.15 Å². The number of benzene rings is 1. The molecule has 1 N–H and O–H groups in total. The quantitative estimate of drug-likeness (QED) is 0.289. The first-order valence-electron chi connectivity index (χ1n) is 11.4. The smallest absolute Gasteiger partial charge is 0.296 e. The number of ether oxygens (including phenoxy) is 1. The van der Waals surface area contributed by atoms with Crippen molar-refractivity contribution in [2.45, 2.75) is 46.1 Å². The van der Waals surface area contributed by atoms with E-state index < -0.39 is 23.5 Å². The van der Waals surface area contributed by atoms with E-state index in [1.807, 2.05) is 0 Å². The number of anilines is 1. The number of Topliss-reactive ketones (excluding diaryl/α,β-unsaturated/α-hetero) is 2. The highest BCUT2D eigenvalue weighted by Crippen LogP contribution is 2.44. The molecule has 0 fully saturated rings. The van der Waals surface area contributed by atoms with Crippen molar-refractivity contribution in [2.75, 3.05) is 11.5 Å². The molecular formula is C26H26N2O6S. The van der Waals surface area contributed by atoms with E-state index in [0.717, 1.165) is 30.6 Å². The van der Waals surface area contributed by atoms with Crippen LogP contribution in [-0.4, -0.2) is 34.2 Å². The second kappa shape index (κ2) is 10.3. The average molecular weight is 495 g/mol. The molecule has 0 bridgehead atoms. The number of rotatable bonds is 10. The number of hydrogen-bond donors (Lipinski definition) is 1. The van der Waals surface area contributed by atoms with Crippen molar-refractivity contribution >= 4 is 33.9 Å². The summed E-state index contributed by atoms with van der Waals surface area (Å²) < 4.78 is 11.1. The summed E-state index contributed by atoms with van der Waals surface area (Å²) in [4.78, 5) is 44.7. The number of ketones is 2. The third-order valence-electron chi connectivity index (χ3n) is 5.70. The maximum Gasteiger partial charge on any atom is 0.296 e. The number of amides is 1. The minimum atomic E-state index is -0.982. The van der Waals surface area contributed by atoms with Gasteiger partial charge in [-0.3, -0.25) is 19.3 Å². The van der Waals surface area contributed by atoms with Gasteiger partial charge in [0.1, 0.15) is 5.75 Å². The number of aliphatic hydroxyl groups excluding tert-OH is 1. The molecule has 9 heteroatoms. The fourth-order valence-electron chi connectivity index (χ4n) is 4.02. The van der Waals surface area contributed by atoms with Crippen LogP contribution in [0.3, 0.4) is 0 Å². The number of nitrogens with zero attached hydrogens (tertiary/aromatic N) is 2. The van der Waals surface area contributed by atoms with Gasteiger partial charge in [0.05, 0.1) is 35.1 Å². The Kier molecular flexibility index (Phi) is 7.16. The van der Waals surface area contributed by atoms with Crippen molar-refractivity contribution in [2.24, 2.45) is 0 Å². The zero-order valence-corrected chi connectivity index (χ0v) is 20.6. The Morgan fingerprint density at radius 2 is 2.03 bits per heavy atom. The highest BCUT2D eigenvalue weighted by atomic mass is 32.1. The summed E-state index contributed by atoms with van der Waals surface area (Å²) in [7, 11) is 0. The summed E-state index contributed by atoms with van der Waals surface area (Å²) in [5, 5.41) is 11.1. The molecule has 0 saturated carbocycles. The minimum Gasteiger partial charge on any atom is -0.503 e. The van der Waals surface area contributed by atoms with Crippen LogP contribution in [0.2, 0.25) is 0 Å². The van der Waals surface area contributed by atoms with E-state index in [1.165, 1.54) is 24.2 Å². The van der Waals surface area contributed by atoms with E-state index in [-0.39, 0.29) is 22.2 Å². The second-order valence-corrected chi connectivity index (χ2v) is 9.22. The Balaban J connectivity index is 1.79. The van der Waals surface area contributed by atoms with Gasteiger partial charge in [-0.25, -0.2) is 4.98 Å². The molecule has 1 aliphatic heterocycles. The van der Waals surface area contributed by atoms with Gasteiger partial charge in [-0.05, 0) is 43.2 Å². The predicted molar refractivity (Wildman–Crippen MR) is 131 cm³/mol. The van der Waals surface area contributed by atoms with Gasteiger partial charge in [-0.15, -0.1) is 0 Å². The van der Waals surface area contributed by atoms with Crippen LogP contribution in [0.5, 0.6) is 5.75 Å². The number of hydrogen-bond acceptors (Lipinski definition) is 8. The van der Waals surface area contributed by atoms with Crippen molar-refractivity contribution in [1.29, 1.82) is 0 Å². The molecule has 0 saturated heterocycles. The largest absolute Gasteiger partial charge is 0.503 e. The Bertz CT molecular complexity index is 1290. The first kappa shape index (κ1) is 24.4. The summed E-state index contributed by atoms with van der Waals surface area (Å²) in [6.07, 6.45) is 4.37. The van der Waals surface area contributed by atoms with Crippen LogP contribution < -0.4 is 9.64 Å². The lowest BCUT2D eigenvalue weighted by molar-refractivity contribution is -0.117. The molecule has 1 atom stereocenters. The number of thiazole rings is 1. The van der Waals surface area contributed by atoms with Gasteiger partial charge < -0.3 is 14.3 Å². The number of furan rings is 1. The molecule has 2 aromatic heterocycles. The van der Waals surface area contributed by atoms with Crippen LogP contribution in [0.25, 0.3) is 0 Å². The Hall–Kier alpha value is -3.72. The molecule has 0 spiro atoms.